The second-order valence-electron chi connectivity index (χ2n) is 8.17. The highest BCUT2D eigenvalue weighted by molar-refractivity contribution is 6.01. The van der Waals surface area contributed by atoms with Gasteiger partial charge in [-0.25, -0.2) is 4.98 Å². The lowest BCUT2D eigenvalue weighted by Crippen LogP contribution is -2.35. The molecule has 3 aromatic rings. The van der Waals surface area contributed by atoms with E-state index in [9.17, 15) is 4.79 Å². The lowest BCUT2D eigenvalue weighted by Gasteiger charge is -2.28. The molecule has 0 unspecified atom stereocenters. The highest BCUT2D eigenvalue weighted by Gasteiger charge is 2.18. The number of piperidine rings is 1. The Morgan fingerprint density at radius 1 is 1.06 bits per heavy atom. The van der Waals surface area contributed by atoms with E-state index in [0.29, 0.717) is 18.2 Å². The number of hydrogen-bond acceptors (Lipinski definition) is 5. The van der Waals surface area contributed by atoms with Crippen LogP contribution in [0.2, 0.25) is 0 Å². The molecule has 0 spiro atoms. The number of anilines is 1. The molecule has 170 valence electrons. The SMILES string of the molecule is CN1CCC(Oc2ccc(NC(=O)/C=C/c3ccc(OCc4ccccc4)cc3)cn2)CC1. The van der Waals surface area contributed by atoms with Crippen LogP contribution in [0.4, 0.5) is 5.69 Å². The van der Waals surface area contributed by atoms with Gasteiger partial charge >= 0.3 is 0 Å². The molecule has 1 aromatic heterocycles. The first kappa shape index (κ1) is 22.6. The Labute approximate surface area is 194 Å². The zero-order valence-electron chi connectivity index (χ0n) is 18.8. The van der Waals surface area contributed by atoms with Crippen LogP contribution in [0.1, 0.15) is 24.0 Å². The molecule has 1 aliphatic heterocycles. The quantitative estimate of drug-likeness (QED) is 0.508. The first-order chi connectivity index (χ1) is 16.1. The number of carbonyl (C=O) groups is 1. The predicted molar refractivity (Wildman–Crippen MR) is 130 cm³/mol. The van der Waals surface area contributed by atoms with Crippen LogP contribution in [-0.4, -0.2) is 42.0 Å². The zero-order chi connectivity index (χ0) is 22.9. The Morgan fingerprint density at radius 3 is 2.52 bits per heavy atom. The number of aromatic nitrogens is 1. The van der Waals surface area contributed by atoms with Crippen molar-refractivity contribution >= 4 is 17.7 Å². The number of amides is 1. The van der Waals surface area contributed by atoms with Crippen molar-refractivity contribution < 1.29 is 14.3 Å². The summed E-state index contributed by atoms with van der Waals surface area (Å²) in [5, 5.41) is 2.82. The van der Waals surface area contributed by atoms with Gasteiger partial charge in [-0.05, 0) is 55.3 Å². The Kier molecular flexibility index (Phi) is 7.72. The molecule has 1 aliphatic rings. The third-order valence-electron chi connectivity index (χ3n) is 5.51. The van der Waals surface area contributed by atoms with E-state index in [1.165, 1.54) is 6.08 Å². The molecule has 0 saturated carbocycles. The minimum atomic E-state index is -0.217. The second kappa shape index (κ2) is 11.3. The van der Waals surface area contributed by atoms with Gasteiger partial charge in [-0.3, -0.25) is 4.79 Å². The standard InChI is InChI=1S/C27H29N3O3/c1-30-17-15-25(16-18-30)33-27-14-10-23(19-28-27)29-26(31)13-9-21-7-11-24(12-8-21)32-20-22-5-3-2-4-6-22/h2-14,19,25H,15-18,20H2,1H3,(H,29,31)/b13-9+. The van der Waals surface area contributed by atoms with E-state index in [-0.39, 0.29) is 12.0 Å². The maximum atomic E-state index is 12.3. The molecule has 1 N–H and O–H groups in total. The van der Waals surface area contributed by atoms with Crippen LogP contribution in [0.15, 0.2) is 79.0 Å². The van der Waals surface area contributed by atoms with Crippen LogP contribution in [-0.2, 0) is 11.4 Å². The third-order valence-corrected chi connectivity index (χ3v) is 5.51. The Bertz CT molecular complexity index is 1040. The van der Waals surface area contributed by atoms with Gasteiger partial charge in [-0.1, -0.05) is 42.5 Å². The summed E-state index contributed by atoms with van der Waals surface area (Å²) in [6, 6.07) is 21.3. The summed E-state index contributed by atoms with van der Waals surface area (Å²) in [5.74, 6) is 1.16. The molecule has 1 saturated heterocycles. The molecule has 2 aromatic carbocycles. The Balaban J connectivity index is 1.23. The number of benzene rings is 2. The maximum absolute atomic E-state index is 12.3. The van der Waals surface area contributed by atoms with E-state index in [1.54, 1.807) is 18.3 Å². The van der Waals surface area contributed by atoms with Gasteiger partial charge in [0, 0.05) is 25.2 Å². The Morgan fingerprint density at radius 2 is 1.82 bits per heavy atom. The van der Waals surface area contributed by atoms with Crippen LogP contribution >= 0.6 is 0 Å². The molecule has 0 bridgehead atoms. The normalized spacial score (nSPS) is 14.8. The zero-order valence-corrected chi connectivity index (χ0v) is 18.8. The number of carbonyl (C=O) groups excluding carboxylic acids is 1. The number of hydrogen-bond donors (Lipinski definition) is 1. The molecule has 6 heteroatoms. The van der Waals surface area contributed by atoms with E-state index < -0.39 is 0 Å². The predicted octanol–water partition coefficient (Wildman–Crippen LogP) is 4.79. The molecule has 33 heavy (non-hydrogen) atoms. The van der Waals surface area contributed by atoms with Gasteiger partial charge in [0.05, 0.1) is 11.9 Å². The van der Waals surface area contributed by atoms with Crippen molar-refractivity contribution in [1.82, 2.24) is 9.88 Å². The van der Waals surface area contributed by atoms with E-state index in [2.05, 4.69) is 22.2 Å². The summed E-state index contributed by atoms with van der Waals surface area (Å²) in [4.78, 5) is 18.9. The van der Waals surface area contributed by atoms with Gasteiger partial charge in [-0.2, -0.15) is 0 Å². The van der Waals surface area contributed by atoms with Crippen molar-refractivity contribution in [3.63, 3.8) is 0 Å². The lowest BCUT2D eigenvalue weighted by molar-refractivity contribution is -0.111. The van der Waals surface area contributed by atoms with Crippen LogP contribution in [0.3, 0.4) is 0 Å². The fourth-order valence-electron chi connectivity index (χ4n) is 3.57. The number of nitrogens with zero attached hydrogens (tertiary/aromatic N) is 2. The van der Waals surface area contributed by atoms with Gasteiger partial charge in [0.15, 0.2) is 0 Å². The van der Waals surface area contributed by atoms with E-state index in [1.807, 2.05) is 60.7 Å². The second-order valence-corrected chi connectivity index (χ2v) is 8.17. The molecular weight excluding hydrogens is 414 g/mol. The number of nitrogens with one attached hydrogen (secondary N) is 1. The lowest BCUT2D eigenvalue weighted by atomic mass is 10.1. The molecule has 1 amide bonds. The average molecular weight is 444 g/mol. The van der Waals surface area contributed by atoms with Crippen molar-refractivity contribution in [2.24, 2.45) is 0 Å². The monoisotopic (exact) mass is 443 g/mol. The van der Waals surface area contributed by atoms with Gasteiger partial charge in [0.2, 0.25) is 11.8 Å². The van der Waals surface area contributed by atoms with Gasteiger partial charge < -0.3 is 19.7 Å². The van der Waals surface area contributed by atoms with E-state index in [4.69, 9.17) is 9.47 Å². The Hall–Kier alpha value is -3.64. The summed E-state index contributed by atoms with van der Waals surface area (Å²) in [6.07, 6.45) is 7.09. The molecule has 6 nitrogen and oxygen atoms in total. The van der Waals surface area contributed by atoms with E-state index >= 15 is 0 Å². The largest absolute Gasteiger partial charge is 0.489 e. The highest BCUT2D eigenvalue weighted by Crippen LogP contribution is 2.18. The molecule has 2 heterocycles. The number of likely N-dealkylation sites (tertiary alicyclic amines) is 1. The van der Waals surface area contributed by atoms with Crippen LogP contribution in [0.25, 0.3) is 6.08 Å². The number of rotatable bonds is 8. The van der Waals surface area contributed by atoms with Crippen molar-refractivity contribution in [3.05, 3.63) is 90.1 Å². The maximum Gasteiger partial charge on any atom is 0.248 e. The molecular formula is C27H29N3O3. The van der Waals surface area contributed by atoms with Crippen molar-refractivity contribution in [2.45, 2.75) is 25.6 Å². The highest BCUT2D eigenvalue weighted by atomic mass is 16.5. The van der Waals surface area contributed by atoms with Crippen LogP contribution < -0.4 is 14.8 Å². The summed E-state index contributed by atoms with van der Waals surface area (Å²) in [5.41, 5.74) is 2.66. The van der Waals surface area contributed by atoms with Crippen molar-refractivity contribution in [2.75, 3.05) is 25.5 Å². The third kappa shape index (κ3) is 7.19. The first-order valence-corrected chi connectivity index (χ1v) is 11.2. The molecule has 1 fully saturated rings. The molecule has 0 aliphatic carbocycles. The average Bonchev–Trinajstić information content (AvgIpc) is 2.85. The van der Waals surface area contributed by atoms with Crippen LogP contribution in [0.5, 0.6) is 11.6 Å². The van der Waals surface area contributed by atoms with Gasteiger partial charge in [0.25, 0.3) is 0 Å². The molecule has 4 rings (SSSR count). The summed E-state index contributed by atoms with van der Waals surface area (Å²) in [7, 11) is 2.12. The number of pyridine rings is 1. The topological polar surface area (TPSA) is 63.7 Å². The van der Waals surface area contributed by atoms with Gasteiger partial charge in [0.1, 0.15) is 18.5 Å². The fourth-order valence-corrected chi connectivity index (χ4v) is 3.57. The summed E-state index contributed by atoms with van der Waals surface area (Å²) in [6.45, 7) is 2.59. The fraction of sp³-hybridized carbons (Fsp3) is 0.259. The smallest absolute Gasteiger partial charge is 0.248 e. The summed E-state index contributed by atoms with van der Waals surface area (Å²) < 4.78 is 11.7. The van der Waals surface area contributed by atoms with Gasteiger partial charge in [-0.15, -0.1) is 0 Å². The molecule has 0 radical (unpaired) electrons. The van der Waals surface area contributed by atoms with Crippen LogP contribution in [0, 0.1) is 0 Å². The van der Waals surface area contributed by atoms with Crippen molar-refractivity contribution in [1.29, 1.82) is 0 Å². The minimum Gasteiger partial charge on any atom is -0.489 e. The first-order valence-electron chi connectivity index (χ1n) is 11.2. The summed E-state index contributed by atoms with van der Waals surface area (Å²) >= 11 is 0. The minimum absolute atomic E-state index is 0.201. The molecule has 0 atom stereocenters. The van der Waals surface area contributed by atoms with E-state index in [0.717, 1.165) is 42.8 Å². The van der Waals surface area contributed by atoms with Crippen molar-refractivity contribution in [3.8, 4) is 11.6 Å². The number of ether oxygens (including phenoxy) is 2.